The van der Waals surface area contributed by atoms with Gasteiger partial charge < -0.3 is 4.90 Å². The predicted molar refractivity (Wildman–Crippen MR) is 67.9 cm³/mol. The van der Waals surface area contributed by atoms with Gasteiger partial charge in [0.2, 0.25) is 0 Å². The maximum absolute atomic E-state index is 3.52. The fourth-order valence-electron chi connectivity index (χ4n) is 2.02. The molecule has 1 saturated heterocycles. The van der Waals surface area contributed by atoms with E-state index in [1.54, 1.807) is 0 Å². The van der Waals surface area contributed by atoms with Crippen molar-refractivity contribution in [2.75, 3.05) is 11.4 Å². The highest BCUT2D eigenvalue weighted by Crippen LogP contribution is 2.30. The Balaban J connectivity index is 2.31. The van der Waals surface area contributed by atoms with Crippen LogP contribution in [0.1, 0.15) is 19.8 Å². The summed E-state index contributed by atoms with van der Waals surface area (Å²) in [6, 6.07) is 7.12. The fraction of sp³-hybridized carbons (Fsp3) is 0.455. The summed E-state index contributed by atoms with van der Waals surface area (Å²) >= 11 is 7.05. The summed E-state index contributed by atoms with van der Waals surface area (Å²) in [6.07, 6.45) is 2.62. The molecule has 1 fully saturated rings. The number of halogens is 2. The van der Waals surface area contributed by atoms with Gasteiger partial charge in [-0.15, -0.1) is 0 Å². The average molecular weight is 319 g/mol. The van der Waals surface area contributed by atoms with Gasteiger partial charge in [-0.2, -0.15) is 0 Å². The van der Waals surface area contributed by atoms with Crippen molar-refractivity contribution in [3.63, 3.8) is 0 Å². The van der Waals surface area contributed by atoms with Gasteiger partial charge in [0.05, 0.1) is 0 Å². The maximum Gasteiger partial charge on any atom is 0.0391 e. The Labute approximate surface area is 102 Å². The van der Waals surface area contributed by atoms with E-state index in [0.29, 0.717) is 6.04 Å². The van der Waals surface area contributed by atoms with E-state index < -0.39 is 0 Å². The molecular formula is C11H13Br2N. The van der Waals surface area contributed by atoms with E-state index in [1.807, 2.05) is 0 Å². The molecule has 0 bridgehead atoms. The number of benzene rings is 1. The molecule has 2 rings (SSSR count). The summed E-state index contributed by atoms with van der Waals surface area (Å²) < 4.78 is 2.28. The van der Waals surface area contributed by atoms with E-state index in [-0.39, 0.29) is 0 Å². The first kappa shape index (κ1) is 10.5. The number of hydrogen-bond acceptors (Lipinski definition) is 1. The standard InChI is InChI=1S/C11H13Br2N/c1-8-3-2-4-14(8)11-6-9(12)5-10(13)7-11/h5-8H,2-4H2,1H3. The van der Waals surface area contributed by atoms with Crippen LogP contribution in [-0.4, -0.2) is 12.6 Å². The summed E-state index contributed by atoms with van der Waals surface area (Å²) in [4.78, 5) is 2.47. The molecule has 0 aliphatic carbocycles. The zero-order valence-corrected chi connectivity index (χ0v) is 11.3. The Morgan fingerprint density at radius 2 is 1.86 bits per heavy atom. The Morgan fingerprint density at radius 1 is 1.21 bits per heavy atom. The van der Waals surface area contributed by atoms with Crippen molar-refractivity contribution in [3.8, 4) is 0 Å². The van der Waals surface area contributed by atoms with Crippen molar-refractivity contribution in [2.24, 2.45) is 0 Å². The third kappa shape index (κ3) is 2.14. The molecule has 1 aliphatic rings. The summed E-state index contributed by atoms with van der Waals surface area (Å²) in [5.41, 5.74) is 1.32. The molecule has 1 unspecified atom stereocenters. The lowest BCUT2D eigenvalue weighted by Crippen LogP contribution is -2.26. The lowest BCUT2D eigenvalue weighted by Gasteiger charge is -2.24. The molecule has 76 valence electrons. The Hall–Kier alpha value is -0.0200. The van der Waals surface area contributed by atoms with E-state index in [2.05, 4.69) is 61.9 Å². The summed E-state index contributed by atoms with van der Waals surface area (Å²) in [5, 5.41) is 0. The molecule has 1 heterocycles. The van der Waals surface area contributed by atoms with Crippen molar-refractivity contribution in [1.82, 2.24) is 0 Å². The molecule has 14 heavy (non-hydrogen) atoms. The molecule has 1 aromatic rings. The Bertz CT molecular complexity index is 318. The molecule has 3 heteroatoms. The number of anilines is 1. The number of nitrogens with zero attached hydrogens (tertiary/aromatic N) is 1. The highest BCUT2D eigenvalue weighted by atomic mass is 79.9. The zero-order valence-electron chi connectivity index (χ0n) is 8.13. The van der Waals surface area contributed by atoms with Gasteiger partial charge in [-0.3, -0.25) is 0 Å². The van der Waals surface area contributed by atoms with Gasteiger partial charge in [0, 0.05) is 27.2 Å². The number of hydrogen-bond donors (Lipinski definition) is 0. The highest BCUT2D eigenvalue weighted by Gasteiger charge is 2.20. The molecule has 0 N–H and O–H groups in total. The first-order valence-corrected chi connectivity index (χ1v) is 6.48. The van der Waals surface area contributed by atoms with Crippen LogP contribution in [0.2, 0.25) is 0 Å². The lowest BCUT2D eigenvalue weighted by atomic mass is 10.2. The van der Waals surface area contributed by atoms with Gasteiger partial charge in [0.15, 0.2) is 0 Å². The molecule has 1 atom stereocenters. The first-order valence-electron chi connectivity index (χ1n) is 4.89. The Kier molecular flexibility index (Phi) is 3.17. The first-order chi connectivity index (χ1) is 6.66. The average Bonchev–Trinajstić information content (AvgIpc) is 2.49. The molecular weight excluding hydrogens is 306 g/mol. The lowest BCUT2D eigenvalue weighted by molar-refractivity contribution is 0.735. The maximum atomic E-state index is 3.52. The van der Waals surface area contributed by atoms with Gasteiger partial charge >= 0.3 is 0 Å². The summed E-state index contributed by atoms with van der Waals surface area (Å²) in [7, 11) is 0. The fourth-order valence-corrected chi connectivity index (χ4v) is 3.29. The second kappa shape index (κ2) is 4.23. The molecule has 1 aliphatic heterocycles. The molecule has 0 aromatic heterocycles. The van der Waals surface area contributed by atoms with Crippen LogP contribution >= 0.6 is 31.9 Å². The molecule has 1 nitrogen and oxygen atoms in total. The third-order valence-corrected chi connectivity index (χ3v) is 3.65. The van der Waals surface area contributed by atoms with E-state index in [0.717, 1.165) is 8.95 Å². The van der Waals surface area contributed by atoms with E-state index in [9.17, 15) is 0 Å². The van der Waals surface area contributed by atoms with Crippen LogP contribution in [0.15, 0.2) is 27.1 Å². The summed E-state index contributed by atoms with van der Waals surface area (Å²) in [5.74, 6) is 0. The van der Waals surface area contributed by atoms with Crippen LogP contribution in [0.25, 0.3) is 0 Å². The van der Waals surface area contributed by atoms with Gasteiger partial charge in [0.25, 0.3) is 0 Å². The van der Waals surface area contributed by atoms with Gasteiger partial charge in [-0.25, -0.2) is 0 Å². The SMILES string of the molecule is CC1CCCN1c1cc(Br)cc(Br)c1. The van der Waals surface area contributed by atoms with Crippen molar-refractivity contribution in [1.29, 1.82) is 0 Å². The van der Waals surface area contributed by atoms with Crippen LogP contribution in [0, 0.1) is 0 Å². The zero-order chi connectivity index (χ0) is 10.1. The topological polar surface area (TPSA) is 3.24 Å². The summed E-state index contributed by atoms with van der Waals surface area (Å²) in [6.45, 7) is 3.48. The smallest absolute Gasteiger partial charge is 0.0391 e. The molecule has 1 aromatic carbocycles. The largest absolute Gasteiger partial charge is 0.369 e. The van der Waals surface area contributed by atoms with E-state index in [1.165, 1.54) is 25.1 Å². The van der Waals surface area contributed by atoms with Crippen molar-refractivity contribution in [2.45, 2.75) is 25.8 Å². The van der Waals surface area contributed by atoms with Crippen LogP contribution < -0.4 is 4.90 Å². The number of rotatable bonds is 1. The second-order valence-electron chi connectivity index (χ2n) is 3.81. The second-order valence-corrected chi connectivity index (χ2v) is 5.64. The minimum absolute atomic E-state index is 0.677. The minimum atomic E-state index is 0.677. The highest BCUT2D eigenvalue weighted by molar-refractivity contribution is 9.11. The van der Waals surface area contributed by atoms with Crippen LogP contribution in [0.5, 0.6) is 0 Å². The molecule has 0 radical (unpaired) electrons. The van der Waals surface area contributed by atoms with Crippen molar-refractivity contribution < 1.29 is 0 Å². The molecule has 0 spiro atoms. The predicted octanol–water partition coefficient (Wildman–Crippen LogP) is 4.20. The Morgan fingerprint density at radius 3 is 2.36 bits per heavy atom. The third-order valence-electron chi connectivity index (χ3n) is 2.73. The quantitative estimate of drug-likeness (QED) is 0.750. The van der Waals surface area contributed by atoms with Gasteiger partial charge in [-0.1, -0.05) is 31.9 Å². The molecule has 0 saturated carbocycles. The van der Waals surface area contributed by atoms with Gasteiger partial charge in [0.1, 0.15) is 0 Å². The van der Waals surface area contributed by atoms with Gasteiger partial charge in [-0.05, 0) is 38.0 Å². The minimum Gasteiger partial charge on any atom is -0.369 e. The van der Waals surface area contributed by atoms with Crippen molar-refractivity contribution in [3.05, 3.63) is 27.1 Å². The van der Waals surface area contributed by atoms with Crippen LogP contribution in [0.4, 0.5) is 5.69 Å². The normalized spacial score (nSPS) is 21.6. The van der Waals surface area contributed by atoms with Crippen molar-refractivity contribution >= 4 is 37.5 Å². The van der Waals surface area contributed by atoms with Crippen LogP contribution in [0.3, 0.4) is 0 Å². The van der Waals surface area contributed by atoms with E-state index >= 15 is 0 Å². The van der Waals surface area contributed by atoms with Crippen LogP contribution in [-0.2, 0) is 0 Å². The monoisotopic (exact) mass is 317 g/mol. The van der Waals surface area contributed by atoms with E-state index in [4.69, 9.17) is 0 Å². The molecule has 0 amide bonds.